The van der Waals surface area contributed by atoms with Crippen molar-refractivity contribution < 1.29 is 9.90 Å². The summed E-state index contributed by atoms with van der Waals surface area (Å²) in [4.78, 5) is 16.4. The molecule has 0 radical (unpaired) electrons. The molecule has 5 nitrogen and oxygen atoms in total. The molecular weight excluding hydrogens is 194 g/mol. The van der Waals surface area contributed by atoms with Crippen LogP contribution in [0.25, 0.3) is 0 Å². The van der Waals surface area contributed by atoms with Gasteiger partial charge in [-0.3, -0.25) is 4.79 Å². The van der Waals surface area contributed by atoms with Gasteiger partial charge in [-0.1, -0.05) is 6.07 Å². The number of rotatable bonds is 4. The van der Waals surface area contributed by atoms with Crippen LogP contribution in [0.5, 0.6) is 0 Å². The second-order valence-corrected chi connectivity index (χ2v) is 3.45. The highest BCUT2D eigenvalue weighted by Crippen LogP contribution is 2.14. The van der Waals surface area contributed by atoms with E-state index in [2.05, 4.69) is 4.98 Å². The Labute approximate surface area is 88.5 Å². The first kappa shape index (κ1) is 11.5. The van der Waals surface area contributed by atoms with Gasteiger partial charge in [0.1, 0.15) is 5.82 Å². The monoisotopic (exact) mass is 209 g/mol. The third-order valence-corrected chi connectivity index (χ3v) is 2.04. The van der Waals surface area contributed by atoms with Crippen LogP contribution in [0, 0.1) is 0 Å². The minimum absolute atomic E-state index is 0.126. The van der Waals surface area contributed by atoms with Crippen molar-refractivity contribution in [3.05, 3.63) is 23.9 Å². The zero-order valence-corrected chi connectivity index (χ0v) is 8.84. The average molecular weight is 209 g/mol. The summed E-state index contributed by atoms with van der Waals surface area (Å²) in [7, 11) is 1.73. The summed E-state index contributed by atoms with van der Waals surface area (Å²) in [5, 5.41) is 9.27. The molecule has 5 heteroatoms. The molecule has 1 rings (SSSR count). The van der Waals surface area contributed by atoms with E-state index in [9.17, 15) is 9.90 Å². The molecule has 1 amide bonds. The third kappa shape index (κ3) is 3.21. The van der Waals surface area contributed by atoms with E-state index in [4.69, 9.17) is 5.73 Å². The Bertz CT molecular complexity index is 335. The Morgan fingerprint density at radius 2 is 2.33 bits per heavy atom. The molecule has 0 aliphatic rings. The first-order valence-corrected chi connectivity index (χ1v) is 4.64. The maximum absolute atomic E-state index is 10.7. The molecule has 0 saturated carbocycles. The molecule has 1 atom stereocenters. The minimum atomic E-state index is -0.534. The van der Waals surface area contributed by atoms with Crippen molar-refractivity contribution >= 4 is 11.7 Å². The number of nitrogens with zero attached hydrogens (tertiary/aromatic N) is 2. The highest BCUT2D eigenvalue weighted by Gasteiger charge is 2.06. The second-order valence-electron chi connectivity index (χ2n) is 3.45. The first-order valence-electron chi connectivity index (χ1n) is 4.64. The van der Waals surface area contributed by atoms with Gasteiger partial charge in [0.25, 0.3) is 0 Å². The molecule has 0 fully saturated rings. The van der Waals surface area contributed by atoms with Crippen LogP contribution in [-0.2, 0) is 4.79 Å². The fourth-order valence-electron chi connectivity index (χ4n) is 1.19. The number of carbonyl (C=O) groups is 1. The summed E-state index contributed by atoms with van der Waals surface area (Å²) in [6.07, 6.45) is 1.05. The van der Waals surface area contributed by atoms with E-state index in [1.165, 1.54) is 0 Å². The summed E-state index contributed by atoms with van der Waals surface area (Å²) in [5.41, 5.74) is 5.80. The molecule has 0 saturated heterocycles. The summed E-state index contributed by atoms with van der Waals surface area (Å²) >= 11 is 0. The van der Waals surface area contributed by atoms with Gasteiger partial charge in [-0.05, 0) is 18.6 Å². The third-order valence-electron chi connectivity index (χ3n) is 2.04. The SMILES string of the molecule is C[C@@H](O)c1ccc(N(C)CC(N)=O)nc1. The highest BCUT2D eigenvalue weighted by molar-refractivity contribution is 5.78. The van der Waals surface area contributed by atoms with Gasteiger partial charge >= 0.3 is 0 Å². The molecule has 15 heavy (non-hydrogen) atoms. The lowest BCUT2D eigenvalue weighted by molar-refractivity contribution is -0.116. The van der Waals surface area contributed by atoms with Crippen LogP contribution in [0.4, 0.5) is 5.82 Å². The molecule has 0 aromatic carbocycles. The molecule has 0 bridgehead atoms. The van der Waals surface area contributed by atoms with E-state index in [1.807, 2.05) is 0 Å². The van der Waals surface area contributed by atoms with Crippen LogP contribution in [0.2, 0.25) is 0 Å². The molecular formula is C10H15N3O2. The molecule has 1 aromatic rings. The van der Waals surface area contributed by atoms with E-state index in [0.29, 0.717) is 5.82 Å². The maximum atomic E-state index is 10.7. The van der Waals surface area contributed by atoms with Crippen molar-refractivity contribution in [2.75, 3.05) is 18.5 Å². The van der Waals surface area contributed by atoms with Gasteiger partial charge in [0, 0.05) is 13.2 Å². The van der Waals surface area contributed by atoms with Gasteiger partial charge in [0.2, 0.25) is 5.91 Å². The van der Waals surface area contributed by atoms with Gasteiger partial charge in [-0.25, -0.2) is 4.98 Å². The van der Waals surface area contributed by atoms with Crippen molar-refractivity contribution in [2.24, 2.45) is 5.73 Å². The highest BCUT2D eigenvalue weighted by atomic mass is 16.3. The van der Waals surface area contributed by atoms with E-state index in [1.54, 1.807) is 37.2 Å². The number of aromatic nitrogens is 1. The lowest BCUT2D eigenvalue weighted by atomic mass is 10.2. The molecule has 0 unspecified atom stereocenters. The van der Waals surface area contributed by atoms with Crippen molar-refractivity contribution in [2.45, 2.75) is 13.0 Å². The van der Waals surface area contributed by atoms with Crippen LogP contribution < -0.4 is 10.6 Å². The number of aliphatic hydroxyl groups is 1. The maximum Gasteiger partial charge on any atom is 0.236 e. The predicted octanol–water partition coefficient (Wildman–Crippen LogP) is 0.0564. The summed E-state index contributed by atoms with van der Waals surface area (Å²) in [5.74, 6) is 0.247. The van der Waals surface area contributed by atoms with Gasteiger partial charge in [-0.15, -0.1) is 0 Å². The predicted molar refractivity (Wildman–Crippen MR) is 57.3 cm³/mol. The number of anilines is 1. The fourth-order valence-corrected chi connectivity index (χ4v) is 1.19. The summed E-state index contributed by atoms with van der Waals surface area (Å²) < 4.78 is 0. The summed E-state index contributed by atoms with van der Waals surface area (Å²) in [6, 6.07) is 3.51. The molecule has 1 heterocycles. The lowest BCUT2D eigenvalue weighted by Gasteiger charge is -2.16. The average Bonchev–Trinajstić information content (AvgIpc) is 2.17. The number of primary amides is 1. The Kier molecular flexibility index (Phi) is 3.62. The number of hydrogen-bond acceptors (Lipinski definition) is 4. The molecule has 0 aliphatic carbocycles. The number of likely N-dealkylation sites (N-methyl/N-ethyl adjacent to an activating group) is 1. The molecule has 0 spiro atoms. The number of nitrogens with two attached hydrogens (primary N) is 1. The molecule has 1 aromatic heterocycles. The van der Waals surface area contributed by atoms with Crippen LogP contribution in [0.1, 0.15) is 18.6 Å². The number of hydrogen-bond donors (Lipinski definition) is 2. The number of amides is 1. The van der Waals surface area contributed by atoms with Gasteiger partial charge in [-0.2, -0.15) is 0 Å². The van der Waals surface area contributed by atoms with Gasteiger partial charge in [0.05, 0.1) is 12.6 Å². The van der Waals surface area contributed by atoms with Gasteiger partial charge in [0.15, 0.2) is 0 Å². The Morgan fingerprint density at radius 3 is 2.73 bits per heavy atom. The van der Waals surface area contributed by atoms with Crippen molar-refractivity contribution in [1.29, 1.82) is 0 Å². The topological polar surface area (TPSA) is 79.5 Å². The Hall–Kier alpha value is -1.62. The number of carbonyl (C=O) groups excluding carboxylic acids is 1. The molecule has 82 valence electrons. The standard InChI is InChI=1S/C10H15N3O2/c1-7(14)8-3-4-10(12-5-8)13(2)6-9(11)15/h3-5,7,14H,6H2,1-2H3,(H2,11,15)/t7-/m1/s1. The van der Waals surface area contributed by atoms with Crippen molar-refractivity contribution in [1.82, 2.24) is 4.98 Å². The van der Waals surface area contributed by atoms with Gasteiger partial charge < -0.3 is 15.7 Å². The van der Waals surface area contributed by atoms with Crippen molar-refractivity contribution in [3.63, 3.8) is 0 Å². The largest absolute Gasteiger partial charge is 0.389 e. The zero-order chi connectivity index (χ0) is 11.4. The van der Waals surface area contributed by atoms with Crippen LogP contribution in [-0.4, -0.2) is 29.6 Å². The smallest absolute Gasteiger partial charge is 0.236 e. The zero-order valence-electron chi connectivity index (χ0n) is 8.84. The lowest BCUT2D eigenvalue weighted by Crippen LogP contribution is -2.31. The Balaban J connectivity index is 2.75. The second kappa shape index (κ2) is 4.75. The van der Waals surface area contributed by atoms with Crippen LogP contribution in [0.3, 0.4) is 0 Å². The van der Waals surface area contributed by atoms with Crippen molar-refractivity contribution in [3.8, 4) is 0 Å². The van der Waals surface area contributed by atoms with E-state index >= 15 is 0 Å². The number of pyridine rings is 1. The Morgan fingerprint density at radius 1 is 1.67 bits per heavy atom. The molecule has 3 N–H and O–H groups in total. The summed E-state index contributed by atoms with van der Waals surface area (Å²) in [6.45, 7) is 1.80. The number of aliphatic hydroxyl groups excluding tert-OH is 1. The quantitative estimate of drug-likeness (QED) is 0.734. The van der Waals surface area contributed by atoms with E-state index in [-0.39, 0.29) is 6.54 Å². The first-order chi connectivity index (χ1) is 7.00. The fraction of sp³-hybridized carbons (Fsp3) is 0.400. The normalized spacial score (nSPS) is 12.2. The van der Waals surface area contributed by atoms with Crippen LogP contribution >= 0.6 is 0 Å². The molecule has 0 aliphatic heterocycles. The minimum Gasteiger partial charge on any atom is -0.389 e. The van der Waals surface area contributed by atoms with E-state index < -0.39 is 12.0 Å². The van der Waals surface area contributed by atoms with Crippen LogP contribution in [0.15, 0.2) is 18.3 Å². The van der Waals surface area contributed by atoms with E-state index in [0.717, 1.165) is 5.56 Å².